The van der Waals surface area contributed by atoms with Crippen LogP contribution in [-0.4, -0.2) is 62.9 Å². The van der Waals surface area contributed by atoms with Gasteiger partial charge in [0.15, 0.2) is 5.72 Å². The lowest BCUT2D eigenvalue weighted by Gasteiger charge is -2.32. The van der Waals surface area contributed by atoms with Gasteiger partial charge in [0.1, 0.15) is 18.3 Å². The summed E-state index contributed by atoms with van der Waals surface area (Å²) in [5, 5.41) is 29.3. The minimum atomic E-state index is -2.00. The quantitative estimate of drug-likeness (QED) is 0.426. The summed E-state index contributed by atoms with van der Waals surface area (Å²) in [6, 6.07) is 0.995. The second-order valence-electron chi connectivity index (χ2n) is 4.85. The predicted molar refractivity (Wildman–Crippen MR) is 69.9 cm³/mol. The van der Waals surface area contributed by atoms with Crippen LogP contribution in [0.25, 0.3) is 0 Å². The summed E-state index contributed by atoms with van der Waals surface area (Å²) in [6.07, 6.45) is -4.02. The second-order valence-corrected chi connectivity index (χ2v) is 4.85. The van der Waals surface area contributed by atoms with E-state index in [1.54, 1.807) is 0 Å². The number of methoxy groups -OCH3 is 1. The van der Waals surface area contributed by atoms with Crippen LogP contribution in [0.2, 0.25) is 0 Å². The van der Waals surface area contributed by atoms with Gasteiger partial charge in [-0.2, -0.15) is 0 Å². The summed E-state index contributed by atoms with van der Waals surface area (Å²) < 4.78 is 10.7. The maximum absolute atomic E-state index is 12.0. The summed E-state index contributed by atoms with van der Waals surface area (Å²) in [5.41, 5.74) is -3.62. The minimum absolute atomic E-state index is 0.607. The highest BCUT2D eigenvalue weighted by atomic mass is 16.6. The highest BCUT2D eigenvalue weighted by Gasteiger charge is 2.57. The van der Waals surface area contributed by atoms with E-state index in [1.165, 1.54) is 0 Å². The first-order valence-corrected chi connectivity index (χ1v) is 6.40. The van der Waals surface area contributed by atoms with Crippen molar-refractivity contribution in [1.82, 2.24) is 9.55 Å². The fourth-order valence-corrected chi connectivity index (χ4v) is 2.44. The van der Waals surface area contributed by atoms with Gasteiger partial charge >= 0.3 is 11.7 Å². The van der Waals surface area contributed by atoms with E-state index in [1.807, 2.05) is 4.98 Å². The van der Waals surface area contributed by atoms with Crippen LogP contribution in [0.4, 0.5) is 0 Å². The van der Waals surface area contributed by atoms with E-state index in [4.69, 9.17) is 4.74 Å². The number of aromatic nitrogens is 2. The monoisotopic (exact) mass is 316 g/mol. The SMILES string of the molecule is COC(=O)C[C@@]1(n2ccc(=O)[nH]c2=O)O[C@H](CO)[C@@H](O)[C@H]1O. The molecule has 0 aliphatic carbocycles. The lowest BCUT2D eigenvalue weighted by molar-refractivity contribution is -0.176. The molecule has 0 saturated carbocycles. The predicted octanol–water partition coefficient (Wildman–Crippen LogP) is -3.13. The van der Waals surface area contributed by atoms with Gasteiger partial charge < -0.3 is 24.8 Å². The topological polar surface area (TPSA) is 151 Å². The molecule has 1 aromatic rings. The molecule has 10 nitrogen and oxygen atoms in total. The molecule has 4 N–H and O–H groups in total. The molecule has 2 rings (SSSR count). The standard InChI is InChI=1S/C12H16N2O8/c1-21-8(17)4-12(10(19)9(18)6(5-15)22-12)14-3-2-7(16)13-11(14)20/h2-3,6,9-10,15,18-19H,4-5H2,1H3,(H,13,16,20)/t6-,9-,10-,12-/m1/s1. The Morgan fingerprint density at radius 1 is 1.50 bits per heavy atom. The molecule has 0 spiro atoms. The van der Waals surface area contributed by atoms with E-state index in [0.29, 0.717) is 0 Å². The number of aliphatic hydroxyl groups excluding tert-OH is 3. The molecule has 22 heavy (non-hydrogen) atoms. The van der Waals surface area contributed by atoms with Gasteiger partial charge in [0.05, 0.1) is 20.1 Å². The van der Waals surface area contributed by atoms with Gasteiger partial charge in [-0.05, 0) is 0 Å². The molecule has 122 valence electrons. The Kier molecular flexibility index (Phi) is 4.47. The van der Waals surface area contributed by atoms with E-state index < -0.39 is 54.3 Å². The van der Waals surface area contributed by atoms with Crippen molar-refractivity contribution >= 4 is 5.97 Å². The summed E-state index contributed by atoms with van der Waals surface area (Å²) in [7, 11) is 1.10. The van der Waals surface area contributed by atoms with Gasteiger partial charge in [-0.25, -0.2) is 4.79 Å². The second kappa shape index (κ2) is 6.01. The lowest BCUT2D eigenvalue weighted by Crippen LogP contribution is -2.52. The van der Waals surface area contributed by atoms with Crippen LogP contribution in [0, 0.1) is 0 Å². The number of ether oxygens (including phenoxy) is 2. The maximum Gasteiger partial charge on any atom is 0.330 e. The summed E-state index contributed by atoms with van der Waals surface area (Å²) in [4.78, 5) is 36.7. The number of hydrogen-bond donors (Lipinski definition) is 4. The van der Waals surface area contributed by atoms with Crippen molar-refractivity contribution in [2.24, 2.45) is 0 Å². The van der Waals surface area contributed by atoms with Gasteiger partial charge in [-0.1, -0.05) is 0 Å². The average molecular weight is 316 g/mol. The highest BCUT2D eigenvalue weighted by molar-refractivity contribution is 5.70. The first-order chi connectivity index (χ1) is 10.4. The van der Waals surface area contributed by atoms with Crippen molar-refractivity contribution in [2.45, 2.75) is 30.5 Å². The Morgan fingerprint density at radius 3 is 2.68 bits per heavy atom. The smallest absolute Gasteiger partial charge is 0.330 e. The molecule has 1 aromatic heterocycles. The zero-order chi connectivity index (χ0) is 16.5. The number of aliphatic hydroxyl groups is 3. The molecule has 1 saturated heterocycles. The van der Waals surface area contributed by atoms with Crippen LogP contribution in [0.1, 0.15) is 6.42 Å². The number of H-pyrrole nitrogens is 1. The zero-order valence-corrected chi connectivity index (χ0v) is 11.6. The van der Waals surface area contributed by atoms with Crippen LogP contribution in [0.5, 0.6) is 0 Å². The Balaban J connectivity index is 2.58. The largest absolute Gasteiger partial charge is 0.469 e. The van der Waals surface area contributed by atoms with E-state index >= 15 is 0 Å². The van der Waals surface area contributed by atoms with E-state index in [9.17, 15) is 29.7 Å². The molecule has 0 radical (unpaired) electrons. The van der Waals surface area contributed by atoms with Crippen LogP contribution >= 0.6 is 0 Å². The van der Waals surface area contributed by atoms with E-state index in [2.05, 4.69) is 4.74 Å². The summed E-state index contributed by atoms with van der Waals surface area (Å²) >= 11 is 0. The highest BCUT2D eigenvalue weighted by Crippen LogP contribution is 2.37. The van der Waals surface area contributed by atoms with Gasteiger partial charge in [0.2, 0.25) is 0 Å². The summed E-state index contributed by atoms with van der Waals surface area (Å²) in [5.74, 6) is -0.817. The molecule has 0 aromatic carbocycles. The fraction of sp³-hybridized carbons (Fsp3) is 0.583. The molecule has 1 aliphatic rings. The van der Waals surface area contributed by atoms with Crippen molar-refractivity contribution in [3.63, 3.8) is 0 Å². The van der Waals surface area contributed by atoms with Crippen molar-refractivity contribution in [3.8, 4) is 0 Å². The van der Waals surface area contributed by atoms with Crippen molar-refractivity contribution < 1.29 is 29.6 Å². The van der Waals surface area contributed by atoms with E-state index in [-0.39, 0.29) is 0 Å². The van der Waals surface area contributed by atoms with Gasteiger partial charge in [0, 0.05) is 12.3 Å². The molecule has 0 bridgehead atoms. The molecule has 10 heteroatoms. The molecule has 1 aliphatic heterocycles. The molecular formula is C12H16N2O8. The van der Waals surface area contributed by atoms with Gasteiger partial charge in [0.25, 0.3) is 5.56 Å². The Bertz CT molecular complexity index is 668. The van der Waals surface area contributed by atoms with Crippen molar-refractivity contribution in [1.29, 1.82) is 0 Å². The number of nitrogens with one attached hydrogen (secondary N) is 1. The van der Waals surface area contributed by atoms with Crippen molar-refractivity contribution in [3.05, 3.63) is 33.1 Å². The first-order valence-electron chi connectivity index (χ1n) is 6.40. The first kappa shape index (κ1) is 16.4. The Hall–Kier alpha value is -2.01. The Morgan fingerprint density at radius 2 is 2.18 bits per heavy atom. The number of carbonyl (C=O) groups excluding carboxylic acids is 1. The molecule has 1 fully saturated rings. The summed E-state index contributed by atoms with van der Waals surface area (Å²) in [6.45, 7) is -0.640. The molecule has 2 heterocycles. The third kappa shape index (κ3) is 2.57. The number of esters is 1. The molecule has 4 atom stereocenters. The third-order valence-electron chi connectivity index (χ3n) is 3.56. The third-order valence-corrected chi connectivity index (χ3v) is 3.56. The maximum atomic E-state index is 12.0. The average Bonchev–Trinajstić information content (AvgIpc) is 2.72. The molecule has 0 amide bonds. The minimum Gasteiger partial charge on any atom is -0.469 e. The van der Waals surface area contributed by atoms with Crippen LogP contribution in [-0.2, 0) is 20.0 Å². The molecule has 0 unspecified atom stereocenters. The van der Waals surface area contributed by atoms with Crippen LogP contribution in [0.3, 0.4) is 0 Å². The normalized spacial score (nSPS) is 31.2. The zero-order valence-electron chi connectivity index (χ0n) is 11.6. The van der Waals surface area contributed by atoms with Gasteiger partial charge in [-0.3, -0.25) is 19.1 Å². The number of carbonyl (C=O) groups is 1. The number of rotatable bonds is 4. The lowest BCUT2D eigenvalue weighted by atomic mass is 9.99. The van der Waals surface area contributed by atoms with Gasteiger partial charge in [-0.15, -0.1) is 0 Å². The number of nitrogens with zero attached hydrogens (tertiary/aromatic N) is 1. The van der Waals surface area contributed by atoms with Crippen LogP contribution in [0.15, 0.2) is 21.9 Å². The molecular weight excluding hydrogens is 300 g/mol. The fourth-order valence-electron chi connectivity index (χ4n) is 2.44. The number of hydrogen-bond acceptors (Lipinski definition) is 8. The van der Waals surface area contributed by atoms with E-state index in [0.717, 1.165) is 23.9 Å². The Labute approximate surface area is 123 Å². The van der Waals surface area contributed by atoms with Crippen LogP contribution < -0.4 is 11.2 Å². The number of aromatic amines is 1. The van der Waals surface area contributed by atoms with Crippen molar-refractivity contribution in [2.75, 3.05) is 13.7 Å².